The average Bonchev–Trinajstić information content (AvgIpc) is 2.76. The molecule has 0 aromatic carbocycles. The normalized spacial score (nSPS) is 33.6. The van der Waals surface area contributed by atoms with Crippen molar-refractivity contribution in [3.8, 4) is 0 Å². The highest BCUT2D eigenvalue weighted by Crippen LogP contribution is 2.33. The second kappa shape index (κ2) is 5.53. The molecule has 0 spiro atoms. The summed E-state index contributed by atoms with van der Waals surface area (Å²) in [5.74, 6) is 2.56. The Morgan fingerprint density at radius 1 is 0.733 bits per heavy atom. The van der Waals surface area contributed by atoms with Crippen LogP contribution in [0.5, 0.6) is 0 Å². The molecular weight excluding hydrogens is 180 g/mol. The quantitative estimate of drug-likeness (QED) is 0.583. The molecule has 2 rings (SSSR count). The first-order valence-corrected chi connectivity index (χ1v) is 6.69. The number of hydrogen-bond acceptors (Lipinski definition) is 0. The molecular formula is C15H24. The Morgan fingerprint density at radius 3 is 2.07 bits per heavy atom. The van der Waals surface area contributed by atoms with E-state index in [0.717, 1.165) is 17.8 Å². The highest BCUT2D eigenvalue weighted by atomic mass is 14.3. The molecule has 0 heteroatoms. The van der Waals surface area contributed by atoms with Crippen molar-refractivity contribution in [1.82, 2.24) is 0 Å². The lowest BCUT2D eigenvalue weighted by atomic mass is 9.88. The van der Waals surface area contributed by atoms with Crippen LogP contribution in [-0.4, -0.2) is 0 Å². The van der Waals surface area contributed by atoms with Crippen molar-refractivity contribution in [1.29, 1.82) is 0 Å². The van der Waals surface area contributed by atoms with Crippen molar-refractivity contribution in [2.45, 2.75) is 51.4 Å². The van der Waals surface area contributed by atoms with Crippen LogP contribution in [0.4, 0.5) is 0 Å². The van der Waals surface area contributed by atoms with E-state index in [1.165, 1.54) is 51.4 Å². The maximum absolute atomic E-state index is 3.90. The summed E-state index contributed by atoms with van der Waals surface area (Å²) >= 11 is 0. The molecule has 0 heterocycles. The van der Waals surface area contributed by atoms with Gasteiger partial charge in [0.25, 0.3) is 0 Å². The van der Waals surface area contributed by atoms with Crippen molar-refractivity contribution in [2.24, 2.45) is 17.8 Å². The molecule has 15 heavy (non-hydrogen) atoms. The minimum absolute atomic E-state index is 0.797. The number of rotatable bonds is 3. The lowest BCUT2D eigenvalue weighted by Gasteiger charge is -2.18. The molecule has 2 aliphatic rings. The zero-order valence-corrected chi connectivity index (χ0v) is 9.83. The van der Waals surface area contributed by atoms with Gasteiger partial charge in [-0.2, -0.15) is 0 Å². The first-order chi connectivity index (χ1) is 7.38. The molecule has 0 radical (unpaired) electrons. The first-order valence-electron chi connectivity index (χ1n) is 6.69. The van der Waals surface area contributed by atoms with E-state index >= 15 is 0 Å². The Kier molecular flexibility index (Phi) is 4.05. The van der Waals surface area contributed by atoms with Crippen molar-refractivity contribution >= 4 is 0 Å². The highest BCUT2D eigenvalue weighted by Gasteiger charge is 2.20. The Labute approximate surface area is 94.5 Å². The summed E-state index contributed by atoms with van der Waals surface area (Å²) in [4.78, 5) is 0. The molecule has 2 fully saturated rings. The third-order valence-electron chi connectivity index (χ3n) is 4.15. The van der Waals surface area contributed by atoms with Gasteiger partial charge in [-0.15, -0.1) is 6.58 Å². The predicted octanol–water partition coefficient (Wildman–Crippen LogP) is 4.73. The summed E-state index contributed by atoms with van der Waals surface area (Å²) in [5, 5.41) is 0. The van der Waals surface area contributed by atoms with Crippen molar-refractivity contribution in [2.75, 3.05) is 0 Å². The third-order valence-corrected chi connectivity index (χ3v) is 4.15. The number of hydrogen-bond donors (Lipinski definition) is 0. The maximum Gasteiger partial charge on any atom is -0.0228 e. The second-order valence-corrected chi connectivity index (χ2v) is 5.35. The SMILES string of the molecule is C=C[C@@H]1CC[C@H](C=CC2CCCCC2)C1. The summed E-state index contributed by atoms with van der Waals surface area (Å²) < 4.78 is 0. The molecule has 0 aromatic rings. The van der Waals surface area contributed by atoms with Crippen LogP contribution in [0.15, 0.2) is 24.8 Å². The highest BCUT2D eigenvalue weighted by molar-refractivity contribution is 4.99. The van der Waals surface area contributed by atoms with Gasteiger partial charge >= 0.3 is 0 Å². The minimum atomic E-state index is 0.797. The van der Waals surface area contributed by atoms with Gasteiger partial charge in [-0.3, -0.25) is 0 Å². The summed E-state index contributed by atoms with van der Waals surface area (Å²) in [6.07, 6.45) is 18.5. The van der Waals surface area contributed by atoms with E-state index < -0.39 is 0 Å². The first kappa shape index (κ1) is 11.0. The maximum atomic E-state index is 3.90. The molecule has 2 atom stereocenters. The standard InChI is InChI=1S/C15H24/c1-2-13-8-10-15(12-13)11-9-14-6-4-3-5-7-14/h2,9,11,13-15H,1,3-8,10,12H2/t13-,15-/m1/s1. The van der Waals surface area contributed by atoms with Gasteiger partial charge in [-0.25, -0.2) is 0 Å². The van der Waals surface area contributed by atoms with Crippen LogP contribution in [-0.2, 0) is 0 Å². The lowest BCUT2D eigenvalue weighted by Crippen LogP contribution is -2.03. The Hall–Kier alpha value is -0.520. The van der Waals surface area contributed by atoms with Gasteiger partial charge < -0.3 is 0 Å². The van der Waals surface area contributed by atoms with Crippen LogP contribution in [0.2, 0.25) is 0 Å². The van der Waals surface area contributed by atoms with E-state index in [2.05, 4.69) is 24.8 Å². The molecule has 0 N–H and O–H groups in total. The van der Waals surface area contributed by atoms with Crippen LogP contribution in [0, 0.1) is 17.8 Å². The largest absolute Gasteiger partial charge is 0.103 e. The fraction of sp³-hybridized carbons (Fsp3) is 0.733. The molecule has 2 aliphatic carbocycles. The van der Waals surface area contributed by atoms with Gasteiger partial charge in [0.1, 0.15) is 0 Å². The van der Waals surface area contributed by atoms with Crippen molar-refractivity contribution in [3.63, 3.8) is 0 Å². The Bertz CT molecular complexity index is 220. The smallest absolute Gasteiger partial charge is 0.0228 e. The zero-order chi connectivity index (χ0) is 10.5. The van der Waals surface area contributed by atoms with Gasteiger partial charge in [0.15, 0.2) is 0 Å². The van der Waals surface area contributed by atoms with E-state index in [1.807, 2.05) is 0 Å². The molecule has 0 aromatic heterocycles. The molecule has 0 nitrogen and oxygen atoms in total. The monoisotopic (exact) mass is 204 g/mol. The van der Waals surface area contributed by atoms with Gasteiger partial charge in [0, 0.05) is 0 Å². The van der Waals surface area contributed by atoms with E-state index in [1.54, 1.807) is 0 Å². The molecule has 0 bridgehead atoms. The molecule has 0 amide bonds. The fourth-order valence-corrected chi connectivity index (χ4v) is 3.08. The molecule has 0 aliphatic heterocycles. The van der Waals surface area contributed by atoms with E-state index in [9.17, 15) is 0 Å². The predicted molar refractivity (Wildman–Crippen MR) is 66.7 cm³/mol. The van der Waals surface area contributed by atoms with Gasteiger partial charge in [0.05, 0.1) is 0 Å². The lowest BCUT2D eigenvalue weighted by molar-refractivity contribution is 0.417. The molecule has 84 valence electrons. The minimum Gasteiger partial charge on any atom is -0.103 e. The van der Waals surface area contributed by atoms with E-state index in [-0.39, 0.29) is 0 Å². The van der Waals surface area contributed by atoms with Crippen LogP contribution in [0.25, 0.3) is 0 Å². The van der Waals surface area contributed by atoms with Gasteiger partial charge in [0.2, 0.25) is 0 Å². The Balaban J connectivity index is 1.76. The van der Waals surface area contributed by atoms with Crippen LogP contribution in [0.3, 0.4) is 0 Å². The summed E-state index contributed by atoms with van der Waals surface area (Å²) in [6.45, 7) is 3.90. The van der Waals surface area contributed by atoms with E-state index in [4.69, 9.17) is 0 Å². The topological polar surface area (TPSA) is 0 Å². The second-order valence-electron chi connectivity index (χ2n) is 5.35. The van der Waals surface area contributed by atoms with Crippen LogP contribution >= 0.6 is 0 Å². The number of allylic oxidation sites excluding steroid dienone is 3. The van der Waals surface area contributed by atoms with Crippen LogP contribution < -0.4 is 0 Å². The van der Waals surface area contributed by atoms with Crippen LogP contribution in [0.1, 0.15) is 51.4 Å². The molecule has 2 saturated carbocycles. The zero-order valence-electron chi connectivity index (χ0n) is 9.83. The average molecular weight is 204 g/mol. The van der Waals surface area contributed by atoms with E-state index in [0.29, 0.717) is 0 Å². The summed E-state index contributed by atoms with van der Waals surface area (Å²) in [5.41, 5.74) is 0. The van der Waals surface area contributed by atoms with Gasteiger partial charge in [-0.05, 0) is 49.9 Å². The third kappa shape index (κ3) is 3.22. The van der Waals surface area contributed by atoms with Gasteiger partial charge in [-0.1, -0.05) is 37.5 Å². The molecule has 0 saturated heterocycles. The van der Waals surface area contributed by atoms with Crippen molar-refractivity contribution < 1.29 is 0 Å². The Morgan fingerprint density at radius 2 is 1.40 bits per heavy atom. The fourth-order valence-electron chi connectivity index (χ4n) is 3.08. The summed E-state index contributed by atoms with van der Waals surface area (Å²) in [6, 6.07) is 0. The summed E-state index contributed by atoms with van der Waals surface area (Å²) in [7, 11) is 0. The molecule has 0 unspecified atom stereocenters. The van der Waals surface area contributed by atoms with Crippen molar-refractivity contribution in [3.05, 3.63) is 24.8 Å².